The summed E-state index contributed by atoms with van der Waals surface area (Å²) >= 11 is 11.9. The molecule has 2 aromatic carbocycles. The first-order valence-corrected chi connectivity index (χ1v) is 6.86. The van der Waals surface area contributed by atoms with E-state index in [-0.39, 0.29) is 17.9 Å². The Kier molecular flexibility index (Phi) is 4.94. The Hall–Kier alpha value is -1.91. The van der Waals surface area contributed by atoms with Crippen LogP contribution in [0.3, 0.4) is 0 Å². The molecule has 2 N–H and O–H groups in total. The van der Waals surface area contributed by atoms with Crippen LogP contribution >= 0.6 is 23.2 Å². The van der Waals surface area contributed by atoms with Gasteiger partial charge in [-0.2, -0.15) is 0 Å². The first kappa shape index (κ1) is 15.5. The van der Waals surface area contributed by atoms with E-state index in [9.17, 15) is 9.90 Å². The Morgan fingerprint density at radius 2 is 2.05 bits per heavy atom. The third-order valence-corrected chi connectivity index (χ3v) is 3.51. The molecule has 0 aliphatic heterocycles. The van der Waals surface area contributed by atoms with Crippen molar-refractivity contribution in [2.75, 3.05) is 7.11 Å². The van der Waals surface area contributed by atoms with Crippen molar-refractivity contribution in [2.45, 2.75) is 6.54 Å². The summed E-state index contributed by atoms with van der Waals surface area (Å²) < 4.78 is 5.20. The number of hydrogen-bond donors (Lipinski definition) is 2. The first-order valence-electron chi connectivity index (χ1n) is 6.11. The number of aromatic hydroxyl groups is 1. The van der Waals surface area contributed by atoms with Crippen molar-refractivity contribution in [1.82, 2.24) is 5.32 Å². The van der Waals surface area contributed by atoms with E-state index in [1.54, 1.807) is 18.2 Å². The van der Waals surface area contributed by atoms with Crippen molar-refractivity contribution < 1.29 is 14.6 Å². The molecular weight excluding hydrogens is 313 g/mol. The molecule has 0 heterocycles. The van der Waals surface area contributed by atoms with Gasteiger partial charge in [-0.3, -0.25) is 4.79 Å². The maximum absolute atomic E-state index is 12.1. The molecule has 0 aliphatic carbocycles. The summed E-state index contributed by atoms with van der Waals surface area (Å²) in [6, 6.07) is 9.50. The van der Waals surface area contributed by atoms with Crippen LogP contribution in [0.5, 0.6) is 11.5 Å². The van der Waals surface area contributed by atoms with Gasteiger partial charge in [-0.25, -0.2) is 0 Å². The lowest BCUT2D eigenvalue weighted by Crippen LogP contribution is -2.23. The van der Waals surface area contributed by atoms with Gasteiger partial charge in [0, 0.05) is 22.2 Å². The lowest BCUT2D eigenvalue weighted by Gasteiger charge is -2.12. The van der Waals surface area contributed by atoms with Gasteiger partial charge < -0.3 is 15.2 Å². The molecule has 2 aromatic rings. The van der Waals surface area contributed by atoms with Crippen molar-refractivity contribution in [3.8, 4) is 11.5 Å². The van der Waals surface area contributed by atoms with E-state index in [0.29, 0.717) is 21.4 Å². The second-order valence-electron chi connectivity index (χ2n) is 4.26. The number of phenols is 1. The SMILES string of the molecule is COc1cccc(Cl)c1CNC(=O)c1cc(Cl)ccc1O. The van der Waals surface area contributed by atoms with Gasteiger partial charge >= 0.3 is 0 Å². The molecular formula is C15H13Cl2NO3. The van der Waals surface area contributed by atoms with E-state index in [0.717, 1.165) is 0 Å². The molecule has 0 atom stereocenters. The van der Waals surface area contributed by atoms with E-state index in [1.165, 1.54) is 25.3 Å². The Balaban J connectivity index is 2.17. The van der Waals surface area contributed by atoms with Gasteiger partial charge in [0.05, 0.1) is 12.7 Å². The number of carbonyl (C=O) groups is 1. The number of ether oxygens (including phenoxy) is 1. The van der Waals surface area contributed by atoms with Crippen LogP contribution in [0, 0.1) is 0 Å². The summed E-state index contributed by atoms with van der Waals surface area (Å²) in [5.74, 6) is -0.00175. The Labute approximate surface area is 132 Å². The van der Waals surface area contributed by atoms with Crippen LogP contribution in [0.1, 0.15) is 15.9 Å². The normalized spacial score (nSPS) is 10.2. The molecule has 21 heavy (non-hydrogen) atoms. The number of carbonyl (C=O) groups excluding carboxylic acids is 1. The highest BCUT2D eigenvalue weighted by atomic mass is 35.5. The van der Waals surface area contributed by atoms with Crippen LogP contribution < -0.4 is 10.1 Å². The molecule has 2 rings (SSSR count). The van der Waals surface area contributed by atoms with E-state index in [2.05, 4.69) is 5.32 Å². The number of hydrogen-bond acceptors (Lipinski definition) is 3. The van der Waals surface area contributed by atoms with Gasteiger partial charge in [-0.05, 0) is 30.3 Å². The maximum Gasteiger partial charge on any atom is 0.255 e. The van der Waals surface area contributed by atoms with Crippen molar-refractivity contribution in [2.24, 2.45) is 0 Å². The van der Waals surface area contributed by atoms with E-state index >= 15 is 0 Å². The number of methoxy groups -OCH3 is 1. The number of amides is 1. The van der Waals surface area contributed by atoms with Gasteiger partial charge in [0.2, 0.25) is 0 Å². The number of rotatable bonds is 4. The zero-order valence-corrected chi connectivity index (χ0v) is 12.7. The third-order valence-electron chi connectivity index (χ3n) is 2.92. The Bertz CT molecular complexity index is 674. The topological polar surface area (TPSA) is 58.6 Å². The van der Waals surface area contributed by atoms with Crippen LogP contribution in [0.2, 0.25) is 10.0 Å². The third kappa shape index (κ3) is 3.60. The zero-order valence-electron chi connectivity index (χ0n) is 11.2. The molecule has 1 amide bonds. The highest BCUT2D eigenvalue weighted by Gasteiger charge is 2.14. The highest BCUT2D eigenvalue weighted by Crippen LogP contribution is 2.26. The Morgan fingerprint density at radius 3 is 2.76 bits per heavy atom. The summed E-state index contributed by atoms with van der Waals surface area (Å²) in [5.41, 5.74) is 0.769. The average molecular weight is 326 g/mol. The van der Waals surface area contributed by atoms with Crippen LogP contribution in [-0.4, -0.2) is 18.1 Å². The molecule has 0 fully saturated rings. The minimum absolute atomic E-state index is 0.105. The minimum Gasteiger partial charge on any atom is -0.507 e. The fourth-order valence-corrected chi connectivity index (χ4v) is 2.26. The summed E-state index contributed by atoms with van der Waals surface area (Å²) in [4.78, 5) is 12.1. The van der Waals surface area contributed by atoms with E-state index in [4.69, 9.17) is 27.9 Å². The first-order chi connectivity index (χ1) is 10.0. The average Bonchev–Trinajstić information content (AvgIpc) is 2.47. The lowest BCUT2D eigenvalue weighted by atomic mass is 10.1. The molecule has 0 unspecified atom stereocenters. The minimum atomic E-state index is -0.447. The number of halogens is 2. The second-order valence-corrected chi connectivity index (χ2v) is 5.11. The maximum atomic E-state index is 12.1. The monoisotopic (exact) mass is 325 g/mol. The van der Waals surface area contributed by atoms with Gasteiger partial charge in [-0.1, -0.05) is 29.3 Å². The van der Waals surface area contributed by atoms with Crippen molar-refractivity contribution in [1.29, 1.82) is 0 Å². The quantitative estimate of drug-likeness (QED) is 0.902. The molecule has 0 radical (unpaired) electrons. The standard InChI is InChI=1S/C15H13Cl2NO3/c1-21-14-4-2-3-12(17)11(14)8-18-15(20)10-7-9(16)5-6-13(10)19/h2-7,19H,8H2,1H3,(H,18,20). The summed E-state index contributed by atoms with van der Waals surface area (Å²) in [6.07, 6.45) is 0. The smallest absolute Gasteiger partial charge is 0.255 e. The number of benzene rings is 2. The van der Waals surface area contributed by atoms with Crippen molar-refractivity contribution >= 4 is 29.1 Å². The van der Waals surface area contributed by atoms with E-state index < -0.39 is 5.91 Å². The predicted molar refractivity (Wildman–Crippen MR) is 82.3 cm³/mol. The largest absolute Gasteiger partial charge is 0.507 e. The number of nitrogens with one attached hydrogen (secondary N) is 1. The molecule has 0 aliphatic rings. The van der Waals surface area contributed by atoms with Crippen molar-refractivity contribution in [3.05, 3.63) is 57.6 Å². The summed E-state index contributed by atoms with van der Waals surface area (Å²) in [5, 5.41) is 13.2. The van der Waals surface area contributed by atoms with Gasteiger partial charge in [0.15, 0.2) is 0 Å². The van der Waals surface area contributed by atoms with Crippen LogP contribution in [-0.2, 0) is 6.54 Å². The molecule has 0 saturated heterocycles. The summed E-state index contributed by atoms with van der Waals surface area (Å²) in [6.45, 7) is 0.174. The molecule has 0 saturated carbocycles. The fraction of sp³-hybridized carbons (Fsp3) is 0.133. The van der Waals surface area contributed by atoms with Crippen LogP contribution in [0.4, 0.5) is 0 Å². The van der Waals surface area contributed by atoms with E-state index in [1.807, 2.05) is 0 Å². The fourth-order valence-electron chi connectivity index (χ4n) is 1.86. The van der Waals surface area contributed by atoms with Gasteiger partial charge in [0.25, 0.3) is 5.91 Å². The van der Waals surface area contributed by atoms with Crippen LogP contribution in [0.15, 0.2) is 36.4 Å². The molecule has 110 valence electrons. The lowest BCUT2D eigenvalue weighted by molar-refractivity contribution is 0.0948. The molecule has 0 spiro atoms. The predicted octanol–water partition coefficient (Wildman–Crippen LogP) is 3.64. The number of phenolic OH excluding ortho intramolecular Hbond substituents is 1. The van der Waals surface area contributed by atoms with Crippen molar-refractivity contribution in [3.63, 3.8) is 0 Å². The zero-order chi connectivity index (χ0) is 15.4. The second kappa shape index (κ2) is 6.70. The van der Waals surface area contributed by atoms with Gasteiger partial charge in [-0.15, -0.1) is 0 Å². The molecule has 0 aromatic heterocycles. The summed E-state index contributed by atoms with van der Waals surface area (Å²) in [7, 11) is 1.53. The Morgan fingerprint density at radius 1 is 1.29 bits per heavy atom. The molecule has 4 nitrogen and oxygen atoms in total. The highest BCUT2D eigenvalue weighted by molar-refractivity contribution is 6.31. The van der Waals surface area contributed by atoms with Crippen LogP contribution in [0.25, 0.3) is 0 Å². The molecule has 0 bridgehead atoms. The molecule has 6 heteroatoms. The van der Waals surface area contributed by atoms with Gasteiger partial charge in [0.1, 0.15) is 11.5 Å².